The molecule has 0 amide bonds. The summed E-state index contributed by atoms with van der Waals surface area (Å²) >= 11 is 3.38. The third-order valence-electron chi connectivity index (χ3n) is 5.07. The summed E-state index contributed by atoms with van der Waals surface area (Å²) in [6.07, 6.45) is 3.44. The number of anilines is 1. The summed E-state index contributed by atoms with van der Waals surface area (Å²) in [5, 5.41) is 7.54. The van der Waals surface area contributed by atoms with E-state index in [2.05, 4.69) is 45.4 Å². The van der Waals surface area contributed by atoms with E-state index in [4.69, 9.17) is 9.47 Å². The Morgan fingerprint density at radius 2 is 2.12 bits per heavy atom. The summed E-state index contributed by atoms with van der Waals surface area (Å²) in [4.78, 5) is 12.1. The fraction of sp³-hybridized carbons (Fsp3) is 0.474. The average molecular weight is 422 g/mol. The first kappa shape index (κ1) is 18.9. The maximum Gasteiger partial charge on any atom is 0.282 e. The summed E-state index contributed by atoms with van der Waals surface area (Å²) in [5.41, 5.74) is 2.79. The van der Waals surface area contributed by atoms with Gasteiger partial charge in [-0.25, -0.2) is 4.68 Å². The molecule has 7 heteroatoms. The summed E-state index contributed by atoms with van der Waals surface area (Å²) in [6, 6.07) is 6.28. The van der Waals surface area contributed by atoms with Crippen LogP contribution in [0.25, 0.3) is 0 Å². The lowest BCUT2D eigenvalue weighted by molar-refractivity contribution is 0.0535. The Labute approximate surface area is 161 Å². The summed E-state index contributed by atoms with van der Waals surface area (Å²) < 4.78 is 13.1. The molecule has 140 valence electrons. The van der Waals surface area contributed by atoms with Crippen molar-refractivity contribution in [3.8, 4) is 5.75 Å². The van der Waals surface area contributed by atoms with Crippen LogP contribution in [0.2, 0.25) is 0 Å². The number of halogens is 1. The first-order valence-electron chi connectivity index (χ1n) is 8.65. The molecule has 0 unspecified atom stereocenters. The number of aromatic nitrogens is 2. The number of aryl methyl sites for hydroxylation is 2. The van der Waals surface area contributed by atoms with Gasteiger partial charge in [-0.3, -0.25) is 4.79 Å². The van der Waals surface area contributed by atoms with E-state index in [1.54, 1.807) is 20.4 Å². The Bertz CT molecular complexity index is 844. The van der Waals surface area contributed by atoms with Gasteiger partial charge in [0.1, 0.15) is 10.2 Å². The standard InChI is InChI=1S/C19H24BrN3O3/c1-13-4-5-16(25-3)14(10-13)19(6-8-26-9-7-19)12-21-15-11-22-23(2)18(24)17(15)20/h4-5,10-11,21H,6-9,12H2,1-3H3. The third-order valence-corrected chi connectivity index (χ3v) is 5.84. The van der Waals surface area contributed by atoms with Crippen molar-refractivity contribution >= 4 is 21.6 Å². The second-order valence-corrected chi connectivity index (χ2v) is 7.54. The molecule has 0 bridgehead atoms. The molecule has 1 aliphatic rings. The lowest BCUT2D eigenvalue weighted by Gasteiger charge is -2.39. The number of nitrogens with zero attached hydrogens (tertiary/aromatic N) is 2. The topological polar surface area (TPSA) is 65.4 Å². The zero-order valence-electron chi connectivity index (χ0n) is 15.3. The van der Waals surface area contributed by atoms with Crippen molar-refractivity contribution in [2.75, 3.05) is 32.2 Å². The minimum Gasteiger partial charge on any atom is -0.496 e. The first-order valence-corrected chi connectivity index (χ1v) is 9.45. The maximum absolute atomic E-state index is 12.1. The molecule has 0 atom stereocenters. The number of nitrogens with one attached hydrogen (secondary N) is 1. The van der Waals surface area contributed by atoms with Gasteiger partial charge in [0, 0.05) is 37.8 Å². The number of benzene rings is 1. The van der Waals surface area contributed by atoms with Crippen LogP contribution < -0.4 is 15.6 Å². The lowest BCUT2D eigenvalue weighted by Crippen LogP contribution is -2.40. The van der Waals surface area contributed by atoms with Gasteiger partial charge in [-0.05, 0) is 41.8 Å². The van der Waals surface area contributed by atoms with Gasteiger partial charge in [0.2, 0.25) is 0 Å². The van der Waals surface area contributed by atoms with Gasteiger partial charge in [-0.1, -0.05) is 17.7 Å². The third kappa shape index (κ3) is 3.64. The largest absolute Gasteiger partial charge is 0.496 e. The van der Waals surface area contributed by atoms with E-state index in [9.17, 15) is 4.79 Å². The molecule has 1 aromatic heterocycles. The highest BCUT2D eigenvalue weighted by molar-refractivity contribution is 9.10. The van der Waals surface area contributed by atoms with Gasteiger partial charge < -0.3 is 14.8 Å². The minimum atomic E-state index is -0.163. The van der Waals surface area contributed by atoms with E-state index in [1.807, 2.05) is 6.07 Å². The van der Waals surface area contributed by atoms with Crippen molar-refractivity contribution in [2.45, 2.75) is 25.2 Å². The highest BCUT2D eigenvalue weighted by Gasteiger charge is 2.37. The molecule has 2 aromatic rings. The Hall–Kier alpha value is -1.86. The smallest absolute Gasteiger partial charge is 0.282 e. The molecular formula is C19H24BrN3O3. The van der Waals surface area contributed by atoms with Crippen LogP contribution in [-0.4, -0.2) is 36.6 Å². The van der Waals surface area contributed by atoms with Gasteiger partial charge in [-0.15, -0.1) is 0 Å². The Morgan fingerprint density at radius 1 is 1.38 bits per heavy atom. The van der Waals surface area contributed by atoms with Gasteiger partial charge in [0.15, 0.2) is 0 Å². The number of hydrogen-bond acceptors (Lipinski definition) is 5. The molecule has 0 spiro atoms. The second kappa shape index (κ2) is 7.80. The number of ether oxygens (including phenoxy) is 2. The van der Waals surface area contributed by atoms with E-state index >= 15 is 0 Å². The summed E-state index contributed by atoms with van der Waals surface area (Å²) in [5.74, 6) is 0.889. The molecule has 0 aliphatic carbocycles. The minimum absolute atomic E-state index is 0.129. The molecule has 1 aliphatic heterocycles. The van der Waals surface area contributed by atoms with Crippen LogP contribution in [0.15, 0.2) is 33.7 Å². The summed E-state index contributed by atoms with van der Waals surface area (Å²) in [6.45, 7) is 4.16. The molecule has 1 saturated heterocycles. The van der Waals surface area contributed by atoms with Gasteiger partial charge in [0.25, 0.3) is 5.56 Å². The van der Waals surface area contributed by atoms with E-state index in [-0.39, 0.29) is 11.0 Å². The highest BCUT2D eigenvalue weighted by Crippen LogP contribution is 2.40. The van der Waals surface area contributed by atoms with Crippen LogP contribution in [-0.2, 0) is 17.2 Å². The number of rotatable bonds is 5. The zero-order chi connectivity index (χ0) is 18.7. The van der Waals surface area contributed by atoms with Crippen LogP contribution >= 0.6 is 15.9 Å². The molecule has 3 rings (SSSR count). The molecule has 2 heterocycles. The SMILES string of the molecule is COc1ccc(C)cc1C1(CNc2cnn(C)c(=O)c2Br)CCOCC1. The molecule has 1 aromatic carbocycles. The van der Waals surface area contributed by atoms with Crippen molar-refractivity contribution in [3.63, 3.8) is 0 Å². The van der Waals surface area contributed by atoms with Crippen LogP contribution in [0.3, 0.4) is 0 Å². The van der Waals surface area contributed by atoms with E-state index in [0.29, 0.717) is 29.9 Å². The second-order valence-electron chi connectivity index (χ2n) is 6.75. The average Bonchev–Trinajstić information content (AvgIpc) is 2.66. The van der Waals surface area contributed by atoms with E-state index in [1.165, 1.54) is 15.8 Å². The maximum atomic E-state index is 12.1. The molecular weight excluding hydrogens is 398 g/mol. The van der Waals surface area contributed by atoms with Gasteiger partial charge in [0.05, 0.1) is 19.0 Å². The number of methoxy groups -OCH3 is 1. The normalized spacial score (nSPS) is 16.3. The fourth-order valence-corrected chi connectivity index (χ4v) is 3.94. The number of hydrogen-bond donors (Lipinski definition) is 1. The molecule has 1 N–H and O–H groups in total. The fourth-order valence-electron chi connectivity index (χ4n) is 3.44. The zero-order valence-corrected chi connectivity index (χ0v) is 16.9. The Morgan fingerprint density at radius 3 is 2.81 bits per heavy atom. The van der Waals surface area contributed by atoms with Crippen LogP contribution in [0.5, 0.6) is 5.75 Å². The highest BCUT2D eigenvalue weighted by atomic mass is 79.9. The molecule has 26 heavy (non-hydrogen) atoms. The predicted molar refractivity (Wildman–Crippen MR) is 105 cm³/mol. The van der Waals surface area contributed by atoms with Crippen molar-refractivity contribution in [1.29, 1.82) is 0 Å². The lowest BCUT2D eigenvalue weighted by atomic mass is 9.73. The van der Waals surface area contributed by atoms with Crippen molar-refractivity contribution in [3.05, 3.63) is 50.3 Å². The van der Waals surface area contributed by atoms with Crippen molar-refractivity contribution < 1.29 is 9.47 Å². The van der Waals surface area contributed by atoms with Crippen molar-refractivity contribution in [2.24, 2.45) is 7.05 Å². The van der Waals surface area contributed by atoms with Crippen LogP contribution in [0.1, 0.15) is 24.0 Å². The quantitative estimate of drug-likeness (QED) is 0.803. The first-order chi connectivity index (χ1) is 12.5. The Kier molecular flexibility index (Phi) is 5.67. The monoisotopic (exact) mass is 421 g/mol. The van der Waals surface area contributed by atoms with Crippen LogP contribution in [0.4, 0.5) is 5.69 Å². The van der Waals surface area contributed by atoms with Crippen molar-refractivity contribution in [1.82, 2.24) is 9.78 Å². The Balaban J connectivity index is 1.96. The van der Waals surface area contributed by atoms with E-state index < -0.39 is 0 Å². The molecule has 1 fully saturated rings. The molecule has 0 saturated carbocycles. The van der Waals surface area contributed by atoms with Crippen LogP contribution in [0, 0.1) is 6.92 Å². The summed E-state index contributed by atoms with van der Waals surface area (Å²) in [7, 11) is 3.34. The van der Waals surface area contributed by atoms with Gasteiger partial charge in [-0.2, -0.15) is 5.10 Å². The van der Waals surface area contributed by atoms with Gasteiger partial charge >= 0.3 is 0 Å². The van der Waals surface area contributed by atoms with E-state index in [0.717, 1.165) is 18.6 Å². The molecule has 6 nitrogen and oxygen atoms in total. The molecule has 0 radical (unpaired) electrons. The predicted octanol–water partition coefficient (Wildman–Crippen LogP) is 3.02.